The van der Waals surface area contributed by atoms with Crippen molar-refractivity contribution in [2.45, 2.75) is 6.92 Å². The summed E-state index contributed by atoms with van der Waals surface area (Å²) < 4.78 is 0. The molecule has 0 saturated heterocycles. The highest BCUT2D eigenvalue weighted by molar-refractivity contribution is 5.95. The zero-order chi connectivity index (χ0) is 16.4. The summed E-state index contributed by atoms with van der Waals surface area (Å²) in [7, 11) is 0. The zero-order valence-electron chi connectivity index (χ0n) is 13.5. The van der Waals surface area contributed by atoms with Gasteiger partial charge in [0.2, 0.25) is 0 Å². The fourth-order valence-electron chi connectivity index (χ4n) is 2.82. The first-order valence-electron chi connectivity index (χ1n) is 8.08. The van der Waals surface area contributed by atoms with Crippen LogP contribution in [0.25, 0.3) is 22.0 Å². The molecule has 0 spiro atoms. The SMILES string of the molecule is Cc1ccc(Nc2nc(-c3ccccc3)cc3ccccc23)cc1. The lowest BCUT2D eigenvalue weighted by Crippen LogP contribution is -1.97. The molecule has 0 aliphatic carbocycles. The van der Waals surface area contributed by atoms with Crippen molar-refractivity contribution < 1.29 is 0 Å². The van der Waals surface area contributed by atoms with Gasteiger partial charge in [-0.1, -0.05) is 72.3 Å². The van der Waals surface area contributed by atoms with Crippen LogP contribution in [0.1, 0.15) is 5.56 Å². The average molecular weight is 310 g/mol. The van der Waals surface area contributed by atoms with Gasteiger partial charge in [-0.25, -0.2) is 4.98 Å². The Bertz CT molecular complexity index is 974. The first-order valence-corrected chi connectivity index (χ1v) is 8.08. The number of hydrogen-bond donors (Lipinski definition) is 1. The molecule has 1 heterocycles. The number of pyridine rings is 1. The number of hydrogen-bond acceptors (Lipinski definition) is 2. The van der Waals surface area contributed by atoms with E-state index in [2.05, 4.69) is 72.9 Å². The molecular weight excluding hydrogens is 292 g/mol. The number of benzene rings is 3. The minimum atomic E-state index is 0.885. The third-order valence-electron chi connectivity index (χ3n) is 4.12. The largest absolute Gasteiger partial charge is 0.340 e. The number of aryl methyl sites for hydroxylation is 1. The smallest absolute Gasteiger partial charge is 0.138 e. The number of rotatable bonds is 3. The normalized spacial score (nSPS) is 10.7. The molecule has 3 aromatic carbocycles. The van der Waals surface area contributed by atoms with Crippen molar-refractivity contribution in [3.05, 3.63) is 90.5 Å². The molecule has 0 fully saturated rings. The molecule has 0 aliphatic rings. The van der Waals surface area contributed by atoms with Gasteiger partial charge in [-0.05, 0) is 30.5 Å². The van der Waals surface area contributed by atoms with Crippen molar-refractivity contribution in [1.82, 2.24) is 4.98 Å². The van der Waals surface area contributed by atoms with Gasteiger partial charge in [-0.2, -0.15) is 0 Å². The standard InChI is InChI=1S/C22H18N2/c1-16-11-13-19(14-12-16)23-22-20-10-6-5-9-18(20)15-21(24-22)17-7-3-2-4-8-17/h2-15H,1H3,(H,23,24). The van der Waals surface area contributed by atoms with Crippen LogP contribution < -0.4 is 5.32 Å². The van der Waals surface area contributed by atoms with E-state index < -0.39 is 0 Å². The Balaban J connectivity index is 1.85. The molecule has 0 bridgehead atoms. The van der Waals surface area contributed by atoms with Gasteiger partial charge in [-0.15, -0.1) is 0 Å². The van der Waals surface area contributed by atoms with Crippen molar-refractivity contribution in [2.24, 2.45) is 0 Å². The Kier molecular flexibility index (Phi) is 3.72. The number of nitrogens with one attached hydrogen (secondary N) is 1. The van der Waals surface area contributed by atoms with E-state index in [-0.39, 0.29) is 0 Å². The summed E-state index contributed by atoms with van der Waals surface area (Å²) >= 11 is 0. The van der Waals surface area contributed by atoms with E-state index in [1.807, 2.05) is 24.3 Å². The molecule has 2 heteroatoms. The predicted molar refractivity (Wildman–Crippen MR) is 102 cm³/mol. The van der Waals surface area contributed by atoms with Crippen LogP contribution in [-0.2, 0) is 0 Å². The highest BCUT2D eigenvalue weighted by Crippen LogP contribution is 2.29. The summed E-state index contributed by atoms with van der Waals surface area (Å²) in [5.74, 6) is 0.885. The molecule has 0 saturated carbocycles. The predicted octanol–water partition coefficient (Wildman–Crippen LogP) is 5.95. The molecule has 0 atom stereocenters. The summed E-state index contributed by atoms with van der Waals surface area (Å²) in [5.41, 5.74) is 4.39. The van der Waals surface area contributed by atoms with Crippen molar-refractivity contribution >= 4 is 22.3 Å². The molecule has 1 N–H and O–H groups in total. The van der Waals surface area contributed by atoms with Crippen molar-refractivity contribution in [3.8, 4) is 11.3 Å². The molecule has 0 radical (unpaired) electrons. The van der Waals surface area contributed by atoms with Gasteiger partial charge < -0.3 is 5.32 Å². The van der Waals surface area contributed by atoms with Gasteiger partial charge >= 0.3 is 0 Å². The second kappa shape index (κ2) is 6.17. The quantitative estimate of drug-likeness (QED) is 0.505. The molecule has 1 aromatic heterocycles. The lowest BCUT2D eigenvalue weighted by atomic mass is 10.1. The summed E-state index contributed by atoms with van der Waals surface area (Å²) in [6.07, 6.45) is 0. The molecule has 0 amide bonds. The lowest BCUT2D eigenvalue weighted by molar-refractivity contribution is 1.33. The molecule has 2 nitrogen and oxygen atoms in total. The van der Waals surface area contributed by atoms with Gasteiger partial charge in [0.15, 0.2) is 0 Å². The minimum absolute atomic E-state index is 0.885. The molecule has 4 aromatic rings. The van der Waals surface area contributed by atoms with Crippen LogP contribution in [0.3, 0.4) is 0 Å². The van der Waals surface area contributed by atoms with E-state index in [9.17, 15) is 0 Å². The van der Waals surface area contributed by atoms with Crippen LogP contribution in [-0.4, -0.2) is 4.98 Å². The van der Waals surface area contributed by atoms with E-state index in [0.717, 1.165) is 28.1 Å². The molecular formula is C22H18N2. The summed E-state index contributed by atoms with van der Waals surface area (Å²) in [6, 6.07) is 29.1. The highest BCUT2D eigenvalue weighted by atomic mass is 15.0. The van der Waals surface area contributed by atoms with Crippen LogP contribution in [0.15, 0.2) is 84.9 Å². The fourth-order valence-corrected chi connectivity index (χ4v) is 2.82. The van der Waals surface area contributed by atoms with Crippen LogP contribution in [0.4, 0.5) is 11.5 Å². The summed E-state index contributed by atoms with van der Waals surface area (Å²) in [4.78, 5) is 4.88. The lowest BCUT2D eigenvalue weighted by Gasteiger charge is -2.12. The first-order chi connectivity index (χ1) is 11.8. The Morgan fingerprint density at radius 1 is 0.750 bits per heavy atom. The molecule has 0 aliphatic heterocycles. The minimum Gasteiger partial charge on any atom is -0.340 e. The number of fused-ring (bicyclic) bond motifs is 1. The van der Waals surface area contributed by atoms with Crippen molar-refractivity contribution in [1.29, 1.82) is 0 Å². The number of anilines is 2. The van der Waals surface area contributed by atoms with E-state index in [4.69, 9.17) is 4.98 Å². The Morgan fingerprint density at radius 2 is 1.46 bits per heavy atom. The summed E-state index contributed by atoms with van der Waals surface area (Å²) in [5, 5.41) is 5.78. The number of aromatic nitrogens is 1. The maximum atomic E-state index is 4.88. The maximum Gasteiger partial charge on any atom is 0.138 e. The first kappa shape index (κ1) is 14.5. The van der Waals surface area contributed by atoms with Crippen molar-refractivity contribution in [2.75, 3.05) is 5.32 Å². The Labute approximate surface area is 141 Å². The third-order valence-corrected chi connectivity index (χ3v) is 4.12. The topological polar surface area (TPSA) is 24.9 Å². The monoisotopic (exact) mass is 310 g/mol. The molecule has 24 heavy (non-hydrogen) atoms. The second-order valence-corrected chi connectivity index (χ2v) is 5.93. The third kappa shape index (κ3) is 2.86. The second-order valence-electron chi connectivity index (χ2n) is 5.93. The van der Waals surface area contributed by atoms with E-state index in [1.165, 1.54) is 10.9 Å². The van der Waals surface area contributed by atoms with Gasteiger partial charge in [0.05, 0.1) is 5.69 Å². The fraction of sp³-hybridized carbons (Fsp3) is 0.0455. The average Bonchev–Trinajstić information content (AvgIpc) is 2.64. The Hall–Kier alpha value is -3.13. The van der Waals surface area contributed by atoms with E-state index in [1.54, 1.807) is 0 Å². The van der Waals surface area contributed by atoms with Gasteiger partial charge in [0.1, 0.15) is 5.82 Å². The maximum absolute atomic E-state index is 4.88. The van der Waals surface area contributed by atoms with Gasteiger partial charge in [0, 0.05) is 16.6 Å². The van der Waals surface area contributed by atoms with Crippen LogP contribution in [0.5, 0.6) is 0 Å². The van der Waals surface area contributed by atoms with Gasteiger partial charge in [0.25, 0.3) is 0 Å². The molecule has 0 unspecified atom stereocenters. The Morgan fingerprint density at radius 3 is 2.25 bits per heavy atom. The number of nitrogens with zero attached hydrogens (tertiary/aromatic N) is 1. The van der Waals surface area contributed by atoms with Crippen molar-refractivity contribution in [3.63, 3.8) is 0 Å². The van der Waals surface area contributed by atoms with Crippen LogP contribution in [0.2, 0.25) is 0 Å². The summed E-state index contributed by atoms with van der Waals surface area (Å²) in [6.45, 7) is 2.09. The van der Waals surface area contributed by atoms with Gasteiger partial charge in [-0.3, -0.25) is 0 Å². The van der Waals surface area contributed by atoms with Crippen LogP contribution >= 0.6 is 0 Å². The van der Waals surface area contributed by atoms with Crippen LogP contribution in [0, 0.1) is 6.92 Å². The van der Waals surface area contributed by atoms with E-state index in [0.29, 0.717) is 0 Å². The zero-order valence-corrected chi connectivity index (χ0v) is 13.5. The molecule has 116 valence electrons. The molecule has 4 rings (SSSR count). The van der Waals surface area contributed by atoms with E-state index >= 15 is 0 Å². The highest BCUT2D eigenvalue weighted by Gasteiger charge is 2.08.